The van der Waals surface area contributed by atoms with Crippen LogP contribution < -0.4 is 10.5 Å². The summed E-state index contributed by atoms with van der Waals surface area (Å²) in [7, 11) is 1.72. The minimum absolute atomic E-state index is 0.00219. The van der Waals surface area contributed by atoms with Crippen LogP contribution in [0.25, 0.3) is 10.2 Å². The van der Waals surface area contributed by atoms with Gasteiger partial charge in [-0.15, -0.1) is 11.3 Å². The molecule has 0 saturated carbocycles. The van der Waals surface area contributed by atoms with Crippen molar-refractivity contribution in [3.63, 3.8) is 0 Å². The van der Waals surface area contributed by atoms with E-state index in [-0.39, 0.29) is 18.0 Å². The lowest BCUT2D eigenvalue weighted by Gasteiger charge is -2.17. The van der Waals surface area contributed by atoms with Crippen molar-refractivity contribution in [2.75, 3.05) is 11.9 Å². The highest BCUT2D eigenvalue weighted by molar-refractivity contribution is 7.18. The van der Waals surface area contributed by atoms with E-state index in [1.54, 1.807) is 23.3 Å². The molecule has 1 aliphatic carbocycles. The first kappa shape index (κ1) is 16.0. The van der Waals surface area contributed by atoms with Crippen LogP contribution in [0, 0.1) is 0 Å². The molecule has 0 atom stereocenters. The number of nitrogens with zero attached hydrogens (tertiary/aromatic N) is 3. The zero-order chi connectivity index (χ0) is 17.4. The Balaban J connectivity index is 1.67. The second-order valence-electron chi connectivity index (χ2n) is 6.36. The number of amides is 1. The summed E-state index contributed by atoms with van der Waals surface area (Å²) in [5.74, 6) is -0.140. The van der Waals surface area contributed by atoms with Crippen molar-refractivity contribution in [3.8, 4) is 0 Å². The number of benzene rings is 1. The van der Waals surface area contributed by atoms with Crippen LogP contribution in [0.4, 0.5) is 5.69 Å². The number of hydrogen-bond donors (Lipinski definition) is 0. The van der Waals surface area contributed by atoms with Crippen molar-refractivity contribution < 1.29 is 4.79 Å². The molecule has 5 nitrogen and oxygen atoms in total. The van der Waals surface area contributed by atoms with Gasteiger partial charge in [-0.2, -0.15) is 0 Å². The summed E-state index contributed by atoms with van der Waals surface area (Å²) in [5, 5.41) is 0.720. The van der Waals surface area contributed by atoms with Gasteiger partial charge in [0.05, 0.1) is 11.7 Å². The number of carbonyl (C=O) groups excluding carboxylic acids is 1. The van der Waals surface area contributed by atoms with Crippen LogP contribution >= 0.6 is 11.3 Å². The van der Waals surface area contributed by atoms with Gasteiger partial charge in [0.25, 0.3) is 5.56 Å². The number of aromatic nitrogens is 2. The number of para-hydroxylation sites is 1. The minimum atomic E-state index is -0.140. The molecule has 25 heavy (non-hydrogen) atoms. The molecule has 0 spiro atoms. The molecule has 1 aromatic carbocycles. The summed E-state index contributed by atoms with van der Waals surface area (Å²) in [6.07, 6.45) is 5.76. The van der Waals surface area contributed by atoms with Crippen LogP contribution in [-0.4, -0.2) is 22.5 Å². The lowest BCUT2D eigenvalue weighted by Crippen LogP contribution is -2.34. The molecule has 0 fully saturated rings. The molecule has 3 aromatic rings. The van der Waals surface area contributed by atoms with Crippen molar-refractivity contribution in [2.24, 2.45) is 0 Å². The average Bonchev–Trinajstić information content (AvgIpc) is 3.03. The summed E-state index contributed by atoms with van der Waals surface area (Å²) in [6, 6.07) is 9.42. The molecule has 0 radical (unpaired) electrons. The van der Waals surface area contributed by atoms with Gasteiger partial charge < -0.3 is 4.90 Å². The van der Waals surface area contributed by atoms with Gasteiger partial charge >= 0.3 is 0 Å². The quantitative estimate of drug-likeness (QED) is 0.727. The molecule has 128 valence electrons. The number of carbonyl (C=O) groups is 1. The maximum atomic E-state index is 12.9. The average molecular weight is 353 g/mol. The highest BCUT2D eigenvalue weighted by Crippen LogP contribution is 2.33. The lowest BCUT2D eigenvalue weighted by molar-refractivity contribution is -0.118. The molecule has 4 rings (SSSR count). The normalized spacial score (nSPS) is 13.6. The van der Waals surface area contributed by atoms with E-state index in [4.69, 9.17) is 0 Å². The Morgan fingerprint density at radius 1 is 1.24 bits per heavy atom. The van der Waals surface area contributed by atoms with Crippen molar-refractivity contribution in [1.82, 2.24) is 9.55 Å². The van der Waals surface area contributed by atoms with Crippen molar-refractivity contribution in [1.29, 1.82) is 0 Å². The number of thiophene rings is 1. The fraction of sp³-hybridized carbons (Fsp3) is 0.316. The number of fused-ring (bicyclic) bond motifs is 3. The summed E-state index contributed by atoms with van der Waals surface area (Å²) in [5.41, 5.74) is 1.86. The van der Waals surface area contributed by atoms with E-state index in [0.717, 1.165) is 40.7 Å². The highest BCUT2D eigenvalue weighted by atomic mass is 32.1. The van der Waals surface area contributed by atoms with Crippen LogP contribution in [0.2, 0.25) is 0 Å². The van der Waals surface area contributed by atoms with E-state index in [2.05, 4.69) is 4.98 Å². The Kier molecular flexibility index (Phi) is 4.13. The molecular formula is C19H19N3O2S. The predicted octanol–water partition coefficient (Wildman–Crippen LogP) is 3.00. The Morgan fingerprint density at radius 3 is 2.80 bits per heavy atom. The second-order valence-corrected chi connectivity index (χ2v) is 7.44. The van der Waals surface area contributed by atoms with Gasteiger partial charge in [0.2, 0.25) is 5.91 Å². The molecule has 0 N–H and O–H groups in total. The number of anilines is 1. The monoisotopic (exact) mass is 353 g/mol. The van der Waals surface area contributed by atoms with Crippen LogP contribution in [-0.2, 0) is 24.2 Å². The highest BCUT2D eigenvalue weighted by Gasteiger charge is 2.21. The Bertz CT molecular complexity index is 991. The van der Waals surface area contributed by atoms with Crippen molar-refractivity contribution in [3.05, 3.63) is 57.5 Å². The predicted molar refractivity (Wildman–Crippen MR) is 100 cm³/mol. The standard InChI is InChI=1S/C19H19N3O2S/c1-21(13-7-3-2-4-8-13)16(23)11-22-12-20-18-17(19(22)24)14-9-5-6-10-15(14)25-18/h2-4,7-8,12H,5-6,9-11H2,1H3. The van der Waals surface area contributed by atoms with Gasteiger partial charge in [-0.1, -0.05) is 18.2 Å². The first-order valence-corrected chi connectivity index (χ1v) is 9.28. The largest absolute Gasteiger partial charge is 0.314 e. The van der Waals surface area contributed by atoms with Gasteiger partial charge in [0.1, 0.15) is 11.4 Å². The number of hydrogen-bond acceptors (Lipinski definition) is 4. The Morgan fingerprint density at radius 2 is 2.00 bits per heavy atom. The van der Waals surface area contributed by atoms with Gasteiger partial charge in [0.15, 0.2) is 0 Å². The van der Waals surface area contributed by atoms with Gasteiger partial charge in [0, 0.05) is 17.6 Å². The topological polar surface area (TPSA) is 55.2 Å². The van der Waals surface area contributed by atoms with Crippen molar-refractivity contribution >= 4 is 33.1 Å². The number of rotatable bonds is 3. The summed E-state index contributed by atoms with van der Waals surface area (Å²) in [4.78, 5) is 33.6. The Labute approximate surface area is 149 Å². The van der Waals surface area contributed by atoms with E-state index in [9.17, 15) is 9.59 Å². The summed E-state index contributed by atoms with van der Waals surface area (Å²) < 4.78 is 1.44. The first-order valence-electron chi connectivity index (χ1n) is 8.46. The van der Waals surface area contributed by atoms with Crippen molar-refractivity contribution in [2.45, 2.75) is 32.2 Å². The van der Waals surface area contributed by atoms with Crippen LogP contribution in [0.15, 0.2) is 41.5 Å². The molecule has 2 heterocycles. The molecule has 6 heteroatoms. The molecule has 1 amide bonds. The summed E-state index contributed by atoms with van der Waals surface area (Å²) >= 11 is 1.62. The molecule has 0 bridgehead atoms. The Hall–Kier alpha value is -2.47. The van der Waals surface area contributed by atoms with E-state index in [0.29, 0.717) is 0 Å². The summed E-state index contributed by atoms with van der Waals surface area (Å²) in [6.45, 7) is -0.00219. The minimum Gasteiger partial charge on any atom is -0.314 e. The number of likely N-dealkylation sites (N-methyl/N-ethyl adjacent to an activating group) is 1. The third kappa shape index (κ3) is 2.87. The van der Waals surface area contributed by atoms with Crippen LogP contribution in [0.5, 0.6) is 0 Å². The maximum absolute atomic E-state index is 12.9. The smallest absolute Gasteiger partial charge is 0.262 e. The second kappa shape index (κ2) is 6.44. The van der Waals surface area contributed by atoms with Gasteiger partial charge in [-0.25, -0.2) is 4.98 Å². The lowest BCUT2D eigenvalue weighted by atomic mass is 9.97. The third-order valence-corrected chi connectivity index (χ3v) is 5.96. The van der Waals surface area contributed by atoms with E-state index in [1.807, 2.05) is 30.3 Å². The maximum Gasteiger partial charge on any atom is 0.262 e. The third-order valence-electron chi connectivity index (χ3n) is 4.77. The van der Waals surface area contributed by atoms with E-state index < -0.39 is 0 Å². The molecule has 0 aliphatic heterocycles. The molecule has 0 saturated heterocycles. The first-order chi connectivity index (χ1) is 12.1. The van der Waals surface area contributed by atoms with Gasteiger partial charge in [-0.3, -0.25) is 14.2 Å². The SMILES string of the molecule is CN(C(=O)Cn1cnc2sc3c(c2c1=O)CCCC3)c1ccccc1. The van der Waals surface area contributed by atoms with Crippen LogP contribution in [0.1, 0.15) is 23.3 Å². The zero-order valence-corrected chi connectivity index (χ0v) is 14.9. The van der Waals surface area contributed by atoms with Crippen LogP contribution in [0.3, 0.4) is 0 Å². The fourth-order valence-electron chi connectivity index (χ4n) is 3.34. The molecule has 0 unspecified atom stereocenters. The van der Waals surface area contributed by atoms with E-state index in [1.165, 1.54) is 22.2 Å². The van der Waals surface area contributed by atoms with E-state index >= 15 is 0 Å². The fourth-order valence-corrected chi connectivity index (χ4v) is 4.56. The molecule has 2 aromatic heterocycles. The number of aryl methyl sites for hydroxylation is 2. The molecular weight excluding hydrogens is 334 g/mol. The molecule has 1 aliphatic rings. The zero-order valence-electron chi connectivity index (χ0n) is 14.1. The van der Waals surface area contributed by atoms with Gasteiger partial charge in [-0.05, 0) is 43.4 Å².